The highest BCUT2D eigenvalue weighted by atomic mass is 16.5. The first-order valence-corrected chi connectivity index (χ1v) is 8.82. The van der Waals surface area contributed by atoms with Gasteiger partial charge in [-0.1, -0.05) is 0 Å². The number of aryl methyl sites for hydroxylation is 1. The first kappa shape index (κ1) is 19.3. The minimum absolute atomic E-state index is 0.196. The lowest BCUT2D eigenvalue weighted by atomic mass is 10.1. The van der Waals surface area contributed by atoms with E-state index in [2.05, 4.69) is 15.1 Å². The number of carbonyl (C=O) groups excluding carboxylic acids is 2. The van der Waals surface area contributed by atoms with Crippen LogP contribution < -0.4 is 4.74 Å². The summed E-state index contributed by atoms with van der Waals surface area (Å²) in [5.74, 6) is -0.114. The maximum atomic E-state index is 12.2. The van der Waals surface area contributed by atoms with Gasteiger partial charge in [-0.25, -0.2) is 14.8 Å². The molecule has 0 spiro atoms. The minimum Gasteiger partial charge on any atom is -0.462 e. The first-order chi connectivity index (χ1) is 13.4. The second-order valence-electron chi connectivity index (χ2n) is 6.15. The lowest BCUT2D eigenvalue weighted by molar-refractivity contribution is 0.0526. The summed E-state index contributed by atoms with van der Waals surface area (Å²) >= 11 is 0. The van der Waals surface area contributed by atoms with Crippen LogP contribution in [0.5, 0.6) is 11.6 Å². The fraction of sp³-hybridized carbons (Fsp3) is 0.316. The van der Waals surface area contributed by atoms with Gasteiger partial charge in [0.25, 0.3) is 5.91 Å². The van der Waals surface area contributed by atoms with Crippen molar-refractivity contribution < 1.29 is 19.1 Å². The van der Waals surface area contributed by atoms with Crippen molar-refractivity contribution in [3.05, 3.63) is 42.0 Å². The van der Waals surface area contributed by atoms with Crippen LogP contribution in [0, 0.1) is 0 Å². The molecule has 0 radical (unpaired) electrons. The highest BCUT2D eigenvalue weighted by molar-refractivity contribution is 5.97. The van der Waals surface area contributed by atoms with E-state index in [-0.39, 0.29) is 24.1 Å². The van der Waals surface area contributed by atoms with E-state index in [9.17, 15) is 9.59 Å². The van der Waals surface area contributed by atoms with E-state index >= 15 is 0 Å². The Kier molecular flexibility index (Phi) is 5.53. The molecule has 1 aromatic carbocycles. The Bertz CT molecular complexity index is 1010. The molecule has 0 bridgehead atoms. The van der Waals surface area contributed by atoms with Crippen molar-refractivity contribution >= 4 is 22.8 Å². The van der Waals surface area contributed by atoms with Gasteiger partial charge in [-0.05, 0) is 26.0 Å². The van der Waals surface area contributed by atoms with Crippen molar-refractivity contribution in [1.82, 2.24) is 24.6 Å². The van der Waals surface area contributed by atoms with E-state index in [4.69, 9.17) is 9.47 Å². The van der Waals surface area contributed by atoms with Gasteiger partial charge < -0.3 is 14.4 Å². The number of aromatic nitrogens is 4. The number of amides is 1. The van der Waals surface area contributed by atoms with Crippen LogP contribution in [0.2, 0.25) is 0 Å². The molecule has 0 atom stereocenters. The number of hydrogen-bond donors (Lipinski definition) is 0. The molecule has 0 fully saturated rings. The third kappa shape index (κ3) is 3.93. The smallest absolute Gasteiger partial charge is 0.338 e. The molecule has 28 heavy (non-hydrogen) atoms. The number of benzene rings is 1. The minimum atomic E-state index is -0.460. The molecule has 0 aliphatic heterocycles. The number of fused-ring (bicyclic) bond motifs is 1. The molecular formula is C19H21N5O4. The Morgan fingerprint density at radius 3 is 2.54 bits per heavy atom. The van der Waals surface area contributed by atoms with Crippen molar-refractivity contribution in [1.29, 1.82) is 0 Å². The second kappa shape index (κ2) is 8.03. The van der Waals surface area contributed by atoms with Crippen LogP contribution in [0.1, 0.15) is 34.7 Å². The summed E-state index contributed by atoms with van der Waals surface area (Å²) in [6.07, 6.45) is 4.54. The van der Waals surface area contributed by atoms with Crippen LogP contribution >= 0.6 is 0 Å². The molecule has 1 amide bonds. The molecule has 9 nitrogen and oxygen atoms in total. The molecule has 146 valence electrons. The third-order valence-corrected chi connectivity index (χ3v) is 3.94. The molecule has 3 aromatic rings. The molecular weight excluding hydrogens is 362 g/mol. The number of esters is 1. The lowest BCUT2D eigenvalue weighted by Gasteiger charge is -2.10. The van der Waals surface area contributed by atoms with Crippen molar-refractivity contribution in [2.45, 2.75) is 20.4 Å². The van der Waals surface area contributed by atoms with Crippen molar-refractivity contribution in [3.63, 3.8) is 0 Å². The van der Waals surface area contributed by atoms with Gasteiger partial charge >= 0.3 is 5.97 Å². The lowest BCUT2D eigenvalue weighted by Crippen LogP contribution is -2.22. The van der Waals surface area contributed by atoms with Crippen molar-refractivity contribution in [3.8, 4) is 11.6 Å². The molecule has 0 aliphatic carbocycles. The highest BCUT2D eigenvalue weighted by Gasteiger charge is 2.16. The predicted molar refractivity (Wildman–Crippen MR) is 101 cm³/mol. The van der Waals surface area contributed by atoms with E-state index in [0.717, 1.165) is 5.39 Å². The monoisotopic (exact) mass is 383 g/mol. The number of carbonyl (C=O) groups is 2. The van der Waals surface area contributed by atoms with E-state index in [0.29, 0.717) is 23.4 Å². The topological polar surface area (TPSA) is 99.4 Å². The van der Waals surface area contributed by atoms with Gasteiger partial charge in [0.2, 0.25) is 5.88 Å². The maximum Gasteiger partial charge on any atom is 0.338 e. The summed E-state index contributed by atoms with van der Waals surface area (Å²) < 4.78 is 12.7. The fourth-order valence-corrected chi connectivity index (χ4v) is 2.54. The Hall–Kier alpha value is -3.49. The fourth-order valence-electron chi connectivity index (χ4n) is 2.54. The van der Waals surface area contributed by atoms with Crippen molar-refractivity contribution in [2.75, 3.05) is 20.7 Å². The third-order valence-electron chi connectivity index (χ3n) is 3.94. The van der Waals surface area contributed by atoms with Crippen LogP contribution in [-0.4, -0.2) is 57.2 Å². The number of rotatable bonds is 6. The first-order valence-electron chi connectivity index (χ1n) is 8.82. The summed E-state index contributed by atoms with van der Waals surface area (Å²) in [5, 5.41) is 5.16. The van der Waals surface area contributed by atoms with Crippen LogP contribution in [0.4, 0.5) is 0 Å². The molecule has 0 unspecified atom stereocenters. The van der Waals surface area contributed by atoms with E-state index in [1.807, 2.05) is 13.1 Å². The average Bonchev–Trinajstić information content (AvgIpc) is 3.11. The predicted octanol–water partition coefficient (Wildman–Crippen LogP) is 2.52. The maximum absolute atomic E-state index is 12.2. The molecule has 9 heteroatoms. The molecule has 0 N–H and O–H groups in total. The zero-order valence-electron chi connectivity index (χ0n) is 16.2. The Balaban J connectivity index is 1.97. The van der Waals surface area contributed by atoms with Crippen LogP contribution in [0.15, 0.2) is 30.7 Å². The number of nitrogens with zero attached hydrogens (tertiary/aromatic N) is 5. The largest absolute Gasteiger partial charge is 0.462 e. The van der Waals surface area contributed by atoms with Gasteiger partial charge in [0, 0.05) is 26.8 Å². The number of hydrogen-bond acceptors (Lipinski definition) is 7. The van der Waals surface area contributed by atoms with E-state index in [1.165, 1.54) is 17.3 Å². The molecule has 3 rings (SSSR count). The summed E-state index contributed by atoms with van der Waals surface area (Å²) in [5.41, 5.74) is 1.15. The SMILES string of the molecule is CCOC(=O)c1cc(Oc2cnc(C(=O)N(C)C)cn2)c2cn(CC)nc2c1. The van der Waals surface area contributed by atoms with E-state index in [1.54, 1.807) is 37.8 Å². The van der Waals surface area contributed by atoms with Gasteiger partial charge in [-0.2, -0.15) is 5.10 Å². The summed E-state index contributed by atoms with van der Waals surface area (Å²) in [4.78, 5) is 33.7. The quantitative estimate of drug-likeness (QED) is 0.603. The highest BCUT2D eigenvalue weighted by Crippen LogP contribution is 2.30. The standard InChI is InChI=1S/C19H21N5O4/c1-5-24-11-13-14(22-24)7-12(19(26)27-6-2)8-16(13)28-17-10-20-15(9-21-17)18(25)23(3)4/h7-11H,5-6H2,1-4H3. The molecule has 0 saturated heterocycles. The Morgan fingerprint density at radius 2 is 1.93 bits per heavy atom. The Labute approximate surface area is 161 Å². The Morgan fingerprint density at radius 1 is 1.14 bits per heavy atom. The van der Waals surface area contributed by atoms with Crippen LogP contribution in [0.25, 0.3) is 10.9 Å². The van der Waals surface area contributed by atoms with Gasteiger partial charge in [-0.15, -0.1) is 0 Å². The van der Waals surface area contributed by atoms with Crippen LogP contribution in [0.3, 0.4) is 0 Å². The average molecular weight is 383 g/mol. The summed E-state index contributed by atoms with van der Waals surface area (Å²) in [6, 6.07) is 3.25. The van der Waals surface area contributed by atoms with Gasteiger partial charge in [-0.3, -0.25) is 9.48 Å². The summed E-state index contributed by atoms with van der Waals surface area (Å²) in [7, 11) is 3.27. The van der Waals surface area contributed by atoms with Gasteiger partial charge in [0.05, 0.1) is 35.5 Å². The molecule has 2 aromatic heterocycles. The van der Waals surface area contributed by atoms with E-state index < -0.39 is 5.97 Å². The molecule has 0 saturated carbocycles. The summed E-state index contributed by atoms with van der Waals surface area (Å²) in [6.45, 7) is 4.64. The zero-order chi connectivity index (χ0) is 20.3. The molecule has 0 aliphatic rings. The van der Waals surface area contributed by atoms with Gasteiger partial charge in [0.15, 0.2) is 0 Å². The van der Waals surface area contributed by atoms with Crippen LogP contribution in [-0.2, 0) is 11.3 Å². The zero-order valence-corrected chi connectivity index (χ0v) is 16.2. The normalized spacial score (nSPS) is 10.7. The second-order valence-corrected chi connectivity index (χ2v) is 6.15. The molecule has 2 heterocycles. The number of ether oxygens (including phenoxy) is 2. The van der Waals surface area contributed by atoms with Gasteiger partial charge in [0.1, 0.15) is 11.4 Å². The van der Waals surface area contributed by atoms with Crippen molar-refractivity contribution in [2.24, 2.45) is 0 Å².